The molecule has 3 atom stereocenters. The summed E-state index contributed by atoms with van der Waals surface area (Å²) >= 11 is 3.86. The minimum absolute atomic E-state index is 0.449. The second-order valence-electron chi connectivity index (χ2n) is 4.98. The van der Waals surface area contributed by atoms with E-state index < -0.39 is 0 Å². The first kappa shape index (κ1) is 13.1. The Bertz CT molecular complexity index is 346. The molecule has 17 heavy (non-hydrogen) atoms. The lowest BCUT2D eigenvalue weighted by Crippen LogP contribution is -2.25. The molecule has 0 spiro atoms. The highest BCUT2D eigenvalue weighted by Crippen LogP contribution is 2.32. The van der Waals surface area contributed by atoms with Crippen LogP contribution in [0, 0.1) is 12.8 Å². The van der Waals surface area contributed by atoms with E-state index in [1.54, 1.807) is 0 Å². The number of hydrogen-bond donors (Lipinski definition) is 0. The average Bonchev–Trinajstić information content (AvgIpc) is 2.80. The van der Waals surface area contributed by atoms with Crippen LogP contribution in [0.5, 0.6) is 0 Å². The molecule has 0 radical (unpaired) electrons. The molecule has 2 rings (SSSR count). The molecular formula is C15H21BrO. The third-order valence-electron chi connectivity index (χ3n) is 3.68. The van der Waals surface area contributed by atoms with E-state index in [-0.39, 0.29) is 0 Å². The van der Waals surface area contributed by atoms with Gasteiger partial charge in [-0.2, -0.15) is 0 Å². The third-order valence-corrected chi connectivity index (χ3v) is 4.68. The molecule has 1 fully saturated rings. The van der Waals surface area contributed by atoms with Gasteiger partial charge in [0.05, 0.1) is 6.10 Å². The summed E-state index contributed by atoms with van der Waals surface area (Å²) in [6.07, 6.45) is 3.87. The van der Waals surface area contributed by atoms with Crippen molar-refractivity contribution in [3.05, 3.63) is 35.4 Å². The van der Waals surface area contributed by atoms with E-state index in [1.165, 1.54) is 17.5 Å². The molecule has 1 aliphatic heterocycles. The minimum atomic E-state index is 0.449. The SMILES string of the molecule is CCC1OCCC1C(Br)Cc1ccc(C)cc1. The summed E-state index contributed by atoms with van der Waals surface area (Å²) in [6, 6.07) is 8.86. The fourth-order valence-corrected chi connectivity index (χ4v) is 3.58. The van der Waals surface area contributed by atoms with E-state index >= 15 is 0 Å². The molecule has 1 heterocycles. The number of benzene rings is 1. The Morgan fingerprint density at radius 3 is 2.71 bits per heavy atom. The topological polar surface area (TPSA) is 9.23 Å². The molecule has 1 nitrogen and oxygen atoms in total. The maximum absolute atomic E-state index is 5.76. The van der Waals surface area contributed by atoms with Crippen LogP contribution < -0.4 is 0 Å². The summed E-state index contributed by atoms with van der Waals surface area (Å²) in [4.78, 5) is 0.539. The molecule has 0 N–H and O–H groups in total. The van der Waals surface area contributed by atoms with Crippen molar-refractivity contribution in [1.82, 2.24) is 0 Å². The van der Waals surface area contributed by atoms with E-state index in [9.17, 15) is 0 Å². The molecule has 0 aromatic heterocycles. The molecule has 0 amide bonds. The van der Waals surface area contributed by atoms with Crippen molar-refractivity contribution in [2.75, 3.05) is 6.61 Å². The molecule has 0 aliphatic carbocycles. The second-order valence-corrected chi connectivity index (χ2v) is 6.15. The zero-order valence-electron chi connectivity index (χ0n) is 10.7. The van der Waals surface area contributed by atoms with Crippen LogP contribution in [-0.4, -0.2) is 17.5 Å². The lowest BCUT2D eigenvalue weighted by molar-refractivity contribution is 0.0873. The molecule has 1 aromatic rings. The summed E-state index contributed by atoms with van der Waals surface area (Å²) in [5.74, 6) is 0.668. The fraction of sp³-hybridized carbons (Fsp3) is 0.600. The van der Waals surface area contributed by atoms with Gasteiger partial charge in [0.1, 0.15) is 0 Å². The Morgan fingerprint density at radius 2 is 2.06 bits per heavy atom. The van der Waals surface area contributed by atoms with Crippen LogP contribution >= 0.6 is 15.9 Å². The van der Waals surface area contributed by atoms with Crippen molar-refractivity contribution >= 4 is 15.9 Å². The third kappa shape index (κ3) is 3.32. The molecule has 1 saturated heterocycles. The van der Waals surface area contributed by atoms with Crippen LogP contribution in [0.1, 0.15) is 30.9 Å². The van der Waals surface area contributed by atoms with Crippen molar-refractivity contribution in [3.63, 3.8) is 0 Å². The van der Waals surface area contributed by atoms with Gasteiger partial charge in [-0.3, -0.25) is 0 Å². The smallest absolute Gasteiger partial charge is 0.0612 e. The predicted molar refractivity (Wildman–Crippen MR) is 75.7 cm³/mol. The van der Waals surface area contributed by atoms with Crippen LogP contribution in [0.3, 0.4) is 0 Å². The quantitative estimate of drug-likeness (QED) is 0.760. The zero-order valence-corrected chi connectivity index (χ0v) is 12.2. The normalized spacial score (nSPS) is 26.1. The molecule has 1 aliphatic rings. The van der Waals surface area contributed by atoms with Crippen molar-refractivity contribution in [1.29, 1.82) is 0 Å². The van der Waals surface area contributed by atoms with E-state index in [4.69, 9.17) is 4.74 Å². The molecule has 2 heteroatoms. The van der Waals surface area contributed by atoms with Crippen LogP contribution in [0.15, 0.2) is 24.3 Å². The van der Waals surface area contributed by atoms with E-state index in [2.05, 4.69) is 54.0 Å². The molecular weight excluding hydrogens is 276 g/mol. The Balaban J connectivity index is 1.96. The highest BCUT2D eigenvalue weighted by molar-refractivity contribution is 9.09. The summed E-state index contributed by atoms with van der Waals surface area (Å²) in [6.45, 7) is 5.28. The number of rotatable bonds is 4. The summed E-state index contributed by atoms with van der Waals surface area (Å²) in [5, 5.41) is 0. The van der Waals surface area contributed by atoms with Crippen molar-refractivity contribution in [3.8, 4) is 0 Å². The van der Waals surface area contributed by atoms with Gasteiger partial charge in [-0.1, -0.05) is 52.7 Å². The van der Waals surface area contributed by atoms with Crippen LogP contribution in [0.25, 0.3) is 0 Å². The van der Waals surface area contributed by atoms with Crippen LogP contribution in [-0.2, 0) is 11.2 Å². The van der Waals surface area contributed by atoms with Gasteiger partial charge in [0.25, 0.3) is 0 Å². The Kier molecular flexibility index (Phi) is 4.63. The van der Waals surface area contributed by atoms with Crippen molar-refractivity contribution in [2.45, 2.75) is 44.0 Å². The summed E-state index contributed by atoms with van der Waals surface area (Å²) in [7, 11) is 0. The highest BCUT2D eigenvalue weighted by atomic mass is 79.9. The molecule has 1 aromatic carbocycles. The largest absolute Gasteiger partial charge is 0.378 e. The fourth-order valence-electron chi connectivity index (χ4n) is 2.60. The maximum Gasteiger partial charge on any atom is 0.0612 e. The number of aryl methyl sites for hydroxylation is 1. The van der Waals surface area contributed by atoms with Gasteiger partial charge in [-0.25, -0.2) is 0 Å². The monoisotopic (exact) mass is 296 g/mol. The number of ether oxygens (including phenoxy) is 1. The van der Waals surface area contributed by atoms with Gasteiger partial charge in [-0.05, 0) is 31.7 Å². The van der Waals surface area contributed by atoms with Gasteiger partial charge < -0.3 is 4.74 Å². The second kappa shape index (κ2) is 6.01. The molecule has 94 valence electrons. The van der Waals surface area contributed by atoms with Gasteiger partial charge in [0.2, 0.25) is 0 Å². The van der Waals surface area contributed by atoms with E-state index in [1.807, 2.05) is 0 Å². The Labute approximate surface area is 113 Å². The Hall–Kier alpha value is -0.340. The maximum atomic E-state index is 5.76. The van der Waals surface area contributed by atoms with Crippen molar-refractivity contribution < 1.29 is 4.74 Å². The van der Waals surface area contributed by atoms with Crippen LogP contribution in [0.4, 0.5) is 0 Å². The highest BCUT2D eigenvalue weighted by Gasteiger charge is 2.32. The first-order valence-electron chi connectivity index (χ1n) is 6.52. The lowest BCUT2D eigenvalue weighted by Gasteiger charge is -2.22. The summed E-state index contributed by atoms with van der Waals surface area (Å²) < 4.78 is 5.76. The Morgan fingerprint density at radius 1 is 1.35 bits per heavy atom. The van der Waals surface area contributed by atoms with Gasteiger partial charge in [0, 0.05) is 17.4 Å². The standard InChI is InChI=1S/C15H21BrO/c1-3-15-13(8-9-17-15)14(16)10-12-6-4-11(2)5-7-12/h4-7,13-15H,3,8-10H2,1-2H3. The lowest BCUT2D eigenvalue weighted by atomic mass is 9.92. The van der Waals surface area contributed by atoms with Gasteiger partial charge in [0.15, 0.2) is 0 Å². The minimum Gasteiger partial charge on any atom is -0.378 e. The van der Waals surface area contributed by atoms with Gasteiger partial charge in [-0.15, -0.1) is 0 Å². The molecule has 0 saturated carbocycles. The first-order chi connectivity index (χ1) is 8.20. The average molecular weight is 297 g/mol. The first-order valence-corrected chi connectivity index (χ1v) is 7.43. The number of alkyl halides is 1. The van der Waals surface area contributed by atoms with Gasteiger partial charge >= 0.3 is 0 Å². The van der Waals surface area contributed by atoms with Crippen LogP contribution in [0.2, 0.25) is 0 Å². The van der Waals surface area contributed by atoms with Crippen molar-refractivity contribution in [2.24, 2.45) is 5.92 Å². The number of halogens is 1. The van der Waals surface area contributed by atoms with E-state index in [0.29, 0.717) is 16.8 Å². The number of hydrogen-bond acceptors (Lipinski definition) is 1. The zero-order chi connectivity index (χ0) is 12.3. The predicted octanol–water partition coefficient (Wildman–Crippen LogP) is 4.12. The summed E-state index contributed by atoms with van der Waals surface area (Å²) in [5.41, 5.74) is 2.75. The molecule has 0 bridgehead atoms. The van der Waals surface area contributed by atoms with E-state index in [0.717, 1.165) is 19.4 Å². The molecule has 3 unspecified atom stereocenters.